The molecule has 0 bridgehead atoms. The van der Waals surface area contributed by atoms with Gasteiger partial charge in [0.05, 0.1) is 7.11 Å². The number of nitrogens with one attached hydrogen (secondary N) is 1. The first kappa shape index (κ1) is 14.7. The highest BCUT2D eigenvalue weighted by molar-refractivity contribution is 7.98. The molecule has 0 amide bonds. The van der Waals surface area contributed by atoms with Gasteiger partial charge in [0.1, 0.15) is 5.75 Å². The second-order valence-corrected chi connectivity index (χ2v) is 6.15. The Hall–Kier alpha value is -0.670. The van der Waals surface area contributed by atoms with Gasteiger partial charge in [-0.15, -0.1) is 0 Å². The lowest BCUT2D eigenvalue weighted by molar-refractivity contribution is 0.408. The zero-order chi connectivity index (χ0) is 13.5. The van der Waals surface area contributed by atoms with E-state index in [1.165, 1.54) is 49.0 Å². The maximum absolute atomic E-state index is 5.36. The molecule has 106 valence electrons. The first-order valence-corrected chi connectivity index (χ1v) is 8.63. The molecule has 1 atom stereocenters. The average Bonchev–Trinajstić information content (AvgIpc) is 2.46. The van der Waals surface area contributed by atoms with Gasteiger partial charge in [-0.25, -0.2) is 0 Å². The lowest BCUT2D eigenvalue weighted by Crippen LogP contribution is -2.26. The quantitative estimate of drug-likeness (QED) is 0.767. The summed E-state index contributed by atoms with van der Waals surface area (Å²) in [5, 5.41) is 3.72. The lowest BCUT2D eigenvalue weighted by atomic mass is 9.87. The van der Waals surface area contributed by atoms with Crippen LogP contribution in [-0.2, 0) is 6.42 Å². The highest BCUT2D eigenvalue weighted by Crippen LogP contribution is 2.32. The molecule has 2 nitrogen and oxygen atoms in total. The minimum atomic E-state index is 0.521. The summed E-state index contributed by atoms with van der Waals surface area (Å²) in [6.45, 7) is 1.13. The highest BCUT2D eigenvalue weighted by Gasteiger charge is 2.19. The molecule has 1 aliphatic carbocycles. The Labute approximate surface area is 121 Å². The summed E-state index contributed by atoms with van der Waals surface area (Å²) in [5.74, 6) is 2.26. The van der Waals surface area contributed by atoms with Gasteiger partial charge >= 0.3 is 0 Å². The molecule has 0 aliphatic heterocycles. The van der Waals surface area contributed by atoms with Crippen LogP contribution >= 0.6 is 11.8 Å². The number of ether oxygens (including phenoxy) is 1. The number of fused-ring (bicyclic) bond motifs is 1. The zero-order valence-corrected chi connectivity index (χ0v) is 12.9. The summed E-state index contributed by atoms with van der Waals surface area (Å²) in [4.78, 5) is 0. The van der Waals surface area contributed by atoms with E-state index < -0.39 is 0 Å². The number of methoxy groups -OCH3 is 1. The minimum absolute atomic E-state index is 0.521. The number of benzene rings is 1. The van der Waals surface area contributed by atoms with Crippen molar-refractivity contribution in [1.29, 1.82) is 0 Å². The Balaban J connectivity index is 1.92. The number of hydrogen-bond donors (Lipinski definition) is 1. The van der Waals surface area contributed by atoms with E-state index in [0.29, 0.717) is 6.04 Å². The van der Waals surface area contributed by atoms with Gasteiger partial charge in [-0.1, -0.05) is 6.07 Å². The summed E-state index contributed by atoms with van der Waals surface area (Å²) in [6.07, 6.45) is 8.52. The maximum Gasteiger partial charge on any atom is 0.119 e. The standard InChI is InChI=1S/C16H25NOS/c1-18-14-9-8-13-6-5-7-16(15(13)12-14)17-10-3-4-11-19-2/h8-9,12,16-17H,3-7,10-11H2,1-2H3. The summed E-state index contributed by atoms with van der Waals surface area (Å²) in [5.41, 5.74) is 2.95. The predicted octanol–water partition coefficient (Wildman–Crippen LogP) is 3.81. The predicted molar refractivity (Wildman–Crippen MR) is 84.3 cm³/mol. The first-order valence-electron chi connectivity index (χ1n) is 7.24. The molecular weight excluding hydrogens is 254 g/mol. The third-order valence-electron chi connectivity index (χ3n) is 3.83. The Morgan fingerprint density at radius 2 is 2.26 bits per heavy atom. The Morgan fingerprint density at radius 1 is 1.37 bits per heavy atom. The first-order chi connectivity index (χ1) is 9.35. The second-order valence-electron chi connectivity index (χ2n) is 5.16. The molecule has 0 aromatic heterocycles. The van der Waals surface area contributed by atoms with Gasteiger partial charge in [0.15, 0.2) is 0 Å². The fourth-order valence-corrected chi connectivity index (χ4v) is 3.26. The highest BCUT2D eigenvalue weighted by atomic mass is 32.2. The van der Waals surface area contributed by atoms with Crippen LogP contribution in [0.3, 0.4) is 0 Å². The molecule has 3 heteroatoms. The van der Waals surface area contributed by atoms with Crippen LogP contribution in [-0.4, -0.2) is 25.7 Å². The minimum Gasteiger partial charge on any atom is -0.497 e. The van der Waals surface area contributed by atoms with E-state index in [2.05, 4.69) is 29.8 Å². The largest absolute Gasteiger partial charge is 0.497 e. The lowest BCUT2D eigenvalue weighted by Gasteiger charge is -2.27. The molecule has 0 spiro atoms. The van der Waals surface area contributed by atoms with Crippen LogP contribution in [0.1, 0.15) is 42.9 Å². The Kier molecular flexibility index (Phi) is 6.05. The molecule has 1 aliphatic rings. The third kappa shape index (κ3) is 4.15. The smallest absolute Gasteiger partial charge is 0.119 e. The van der Waals surface area contributed by atoms with Gasteiger partial charge in [0.25, 0.3) is 0 Å². The van der Waals surface area contributed by atoms with Crippen LogP contribution in [0.5, 0.6) is 5.75 Å². The van der Waals surface area contributed by atoms with Gasteiger partial charge in [-0.05, 0) is 73.9 Å². The van der Waals surface area contributed by atoms with Crippen molar-refractivity contribution in [3.05, 3.63) is 29.3 Å². The molecule has 0 saturated heterocycles. The second kappa shape index (κ2) is 7.81. The van der Waals surface area contributed by atoms with Crippen LogP contribution in [0.2, 0.25) is 0 Å². The number of unbranched alkanes of at least 4 members (excludes halogenated alkanes) is 1. The molecule has 2 rings (SSSR count). The van der Waals surface area contributed by atoms with E-state index in [4.69, 9.17) is 4.74 Å². The maximum atomic E-state index is 5.36. The molecule has 0 fully saturated rings. The van der Waals surface area contributed by atoms with E-state index in [1.54, 1.807) is 7.11 Å². The summed E-state index contributed by atoms with van der Waals surface area (Å²) < 4.78 is 5.36. The molecule has 19 heavy (non-hydrogen) atoms. The van der Waals surface area contributed by atoms with E-state index in [-0.39, 0.29) is 0 Å². The van der Waals surface area contributed by atoms with E-state index in [0.717, 1.165) is 12.3 Å². The van der Waals surface area contributed by atoms with Crippen molar-refractivity contribution in [2.24, 2.45) is 0 Å². The van der Waals surface area contributed by atoms with Crippen LogP contribution in [0.4, 0.5) is 0 Å². The van der Waals surface area contributed by atoms with Gasteiger partial charge < -0.3 is 10.1 Å². The van der Waals surface area contributed by atoms with E-state index in [1.807, 2.05) is 11.8 Å². The number of thioether (sulfide) groups is 1. The fraction of sp³-hybridized carbons (Fsp3) is 0.625. The van der Waals surface area contributed by atoms with Gasteiger partial charge in [0.2, 0.25) is 0 Å². The summed E-state index contributed by atoms with van der Waals surface area (Å²) >= 11 is 1.94. The van der Waals surface area contributed by atoms with Crippen molar-refractivity contribution in [1.82, 2.24) is 5.32 Å². The van der Waals surface area contributed by atoms with Crippen molar-refractivity contribution in [2.45, 2.75) is 38.1 Å². The van der Waals surface area contributed by atoms with Gasteiger partial charge in [0, 0.05) is 6.04 Å². The van der Waals surface area contributed by atoms with Crippen LogP contribution in [0.25, 0.3) is 0 Å². The van der Waals surface area contributed by atoms with Gasteiger partial charge in [-0.2, -0.15) is 11.8 Å². The van der Waals surface area contributed by atoms with Crippen molar-refractivity contribution in [2.75, 3.05) is 25.7 Å². The Morgan fingerprint density at radius 3 is 3.05 bits per heavy atom. The zero-order valence-electron chi connectivity index (χ0n) is 12.1. The molecule has 1 unspecified atom stereocenters. The summed E-state index contributed by atoms with van der Waals surface area (Å²) in [6, 6.07) is 7.05. The SMILES string of the molecule is COc1ccc2c(c1)C(NCCCCSC)CCC2. The van der Waals surface area contributed by atoms with Crippen molar-refractivity contribution in [3.8, 4) is 5.75 Å². The topological polar surface area (TPSA) is 21.3 Å². The number of aryl methyl sites for hydroxylation is 1. The van der Waals surface area contributed by atoms with Crippen molar-refractivity contribution >= 4 is 11.8 Å². The molecular formula is C16H25NOS. The molecule has 0 saturated carbocycles. The molecule has 0 heterocycles. The van der Waals surface area contributed by atoms with Crippen molar-refractivity contribution in [3.63, 3.8) is 0 Å². The van der Waals surface area contributed by atoms with Crippen LogP contribution in [0.15, 0.2) is 18.2 Å². The average molecular weight is 279 g/mol. The van der Waals surface area contributed by atoms with Crippen LogP contribution < -0.4 is 10.1 Å². The summed E-state index contributed by atoms with van der Waals surface area (Å²) in [7, 11) is 1.75. The Bertz CT molecular complexity index is 394. The number of rotatable bonds is 7. The van der Waals surface area contributed by atoms with Gasteiger partial charge in [-0.3, -0.25) is 0 Å². The molecule has 0 radical (unpaired) electrons. The molecule has 1 N–H and O–H groups in total. The van der Waals surface area contributed by atoms with Crippen LogP contribution in [0, 0.1) is 0 Å². The normalized spacial score (nSPS) is 18.1. The molecule has 1 aromatic carbocycles. The number of hydrogen-bond acceptors (Lipinski definition) is 3. The third-order valence-corrected chi connectivity index (χ3v) is 4.53. The monoisotopic (exact) mass is 279 g/mol. The van der Waals surface area contributed by atoms with Crippen molar-refractivity contribution < 1.29 is 4.74 Å². The van der Waals surface area contributed by atoms with E-state index in [9.17, 15) is 0 Å². The fourth-order valence-electron chi connectivity index (χ4n) is 2.76. The molecule has 1 aromatic rings. The van der Waals surface area contributed by atoms with E-state index >= 15 is 0 Å².